The number of ether oxygens (including phenoxy) is 2. The minimum atomic E-state index is -0.618. The Hall–Kier alpha value is -2.18. The predicted molar refractivity (Wildman–Crippen MR) is 99.9 cm³/mol. The first-order valence-electron chi connectivity index (χ1n) is 7.39. The summed E-state index contributed by atoms with van der Waals surface area (Å²) in [5, 5.41) is 3.27. The largest absolute Gasteiger partial charge is 0.496 e. The van der Waals surface area contributed by atoms with Crippen LogP contribution in [0.1, 0.15) is 15.9 Å². The Morgan fingerprint density at radius 3 is 2.60 bits per heavy atom. The van der Waals surface area contributed by atoms with E-state index in [9.17, 15) is 9.59 Å². The Bertz CT molecular complexity index is 795. The molecule has 0 spiro atoms. The van der Waals surface area contributed by atoms with Crippen molar-refractivity contribution in [3.8, 4) is 5.75 Å². The molecule has 2 rings (SSSR count). The summed E-state index contributed by atoms with van der Waals surface area (Å²) >= 11 is 7.41. The van der Waals surface area contributed by atoms with Gasteiger partial charge in [0.2, 0.25) is 0 Å². The molecule has 1 N–H and O–H groups in total. The van der Waals surface area contributed by atoms with Gasteiger partial charge in [-0.1, -0.05) is 11.6 Å². The van der Waals surface area contributed by atoms with Crippen LogP contribution in [0.5, 0.6) is 5.75 Å². The van der Waals surface area contributed by atoms with E-state index in [0.29, 0.717) is 16.5 Å². The second-order valence-corrected chi connectivity index (χ2v) is 6.47. The van der Waals surface area contributed by atoms with Crippen molar-refractivity contribution in [1.82, 2.24) is 0 Å². The molecule has 0 atom stereocenters. The number of rotatable bonds is 6. The zero-order valence-electron chi connectivity index (χ0n) is 14.1. The Kier molecular flexibility index (Phi) is 6.73. The number of anilines is 1. The molecule has 0 saturated heterocycles. The van der Waals surface area contributed by atoms with Crippen molar-refractivity contribution in [3.63, 3.8) is 0 Å². The number of esters is 1. The van der Waals surface area contributed by atoms with Gasteiger partial charge in [0.15, 0.2) is 6.61 Å². The van der Waals surface area contributed by atoms with Gasteiger partial charge in [-0.15, -0.1) is 11.8 Å². The first-order valence-corrected chi connectivity index (χ1v) is 9.00. The maximum absolute atomic E-state index is 12.2. The number of carbonyl (C=O) groups excluding carboxylic acids is 2. The Morgan fingerprint density at radius 2 is 1.96 bits per heavy atom. The number of nitrogens with one attached hydrogen (secondary N) is 1. The number of halogens is 1. The Balaban J connectivity index is 1.98. The van der Waals surface area contributed by atoms with Crippen LogP contribution in [0.25, 0.3) is 0 Å². The van der Waals surface area contributed by atoms with E-state index in [1.807, 2.05) is 13.2 Å². The summed E-state index contributed by atoms with van der Waals surface area (Å²) in [4.78, 5) is 25.1. The molecule has 7 heteroatoms. The zero-order valence-corrected chi connectivity index (χ0v) is 15.7. The average Bonchev–Trinajstić information content (AvgIpc) is 2.61. The fourth-order valence-electron chi connectivity index (χ4n) is 2.13. The molecule has 0 radical (unpaired) electrons. The predicted octanol–water partition coefficient (Wildman–Crippen LogP) is 4.17. The summed E-state index contributed by atoms with van der Waals surface area (Å²) in [7, 11) is 1.48. The maximum Gasteiger partial charge on any atom is 0.342 e. The van der Waals surface area contributed by atoms with Gasteiger partial charge < -0.3 is 14.8 Å². The lowest BCUT2D eigenvalue weighted by Gasteiger charge is -2.11. The third kappa shape index (κ3) is 5.14. The van der Waals surface area contributed by atoms with E-state index in [0.717, 1.165) is 10.5 Å². The Morgan fingerprint density at radius 1 is 1.20 bits per heavy atom. The highest BCUT2D eigenvalue weighted by Gasteiger charge is 2.16. The molecule has 0 saturated carbocycles. The van der Waals surface area contributed by atoms with E-state index in [1.54, 1.807) is 36.4 Å². The van der Waals surface area contributed by atoms with Crippen molar-refractivity contribution in [1.29, 1.82) is 0 Å². The van der Waals surface area contributed by atoms with Crippen LogP contribution < -0.4 is 10.1 Å². The van der Waals surface area contributed by atoms with Crippen LogP contribution in [0.4, 0.5) is 5.69 Å². The molecule has 5 nitrogen and oxygen atoms in total. The van der Waals surface area contributed by atoms with E-state index in [2.05, 4.69) is 5.32 Å². The van der Waals surface area contributed by atoms with Crippen molar-refractivity contribution in [2.75, 3.05) is 25.3 Å². The van der Waals surface area contributed by atoms with Crippen LogP contribution in [-0.2, 0) is 9.53 Å². The van der Waals surface area contributed by atoms with Gasteiger partial charge >= 0.3 is 5.97 Å². The van der Waals surface area contributed by atoms with E-state index in [1.165, 1.54) is 18.9 Å². The molecule has 0 fully saturated rings. The lowest BCUT2D eigenvalue weighted by Crippen LogP contribution is -2.21. The zero-order chi connectivity index (χ0) is 18.4. The van der Waals surface area contributed by atoms with Crippen LogP contribution in [0.3, 0.4) is 0 Å². The highest BCUT2D eigenvalue weighted by molar-refractivity contribution is 7.98. The van der Waals surface area contributed by atoms with Gasteiger partial charge in [0.25, 0.3) is 5.91 Å². The van der Waals surface area contributed by atoms with E-state index >= 15 is 0 Å². The number of hydrogen-bond donors (Lipinski definition) is 1. The van der Waals surface area contributed by atoms with Gasteiger partial charge in [0.05, 0.1) is 7.11 Å². The van der Waals surface area contributed by atoms with Crippen LogP contribution in [0.15, 0.2) is 41.3 Å². The van der Waals surface area contributed by atoms with Crippen molar-refractivity contribution in [3.05, 3.63) is 52.5 Å². The summed E-state index contributed by atoms with van der Waals surface area (Å²) in [6.07, 6.45) is 1.93. The molecule has 0 unspecified atom stereocenters. The van der Waals surface area contributed by atoms with Crippen molar-refractivity contribution in [2.24, 2.45) is 0 Å². The van der Waals surface area contributed by atoms with Crippen LogP contribution in [0.2, 0.25) is 5.02 Å². The average molecular weight is 380 g/mol. The molecule has 2 aromatic rings. The number of thioether (sulfide) groups is 1. The normalized spacial score (nSPS) is 10.2. The second kappa shape index (κ2) is 8.78. The third-order valence-electron chi connectivity index (χ3n) is 3.43. The minimum Gasteiger partial charge on any atom is -0.496 e. The highest BCUT2D eigenvalue weighted by atomic mass is 35.5. The van der Waals surface area contributed by atoms with Crippen LogP contribution in [0, 0.1) is 6.92 Å². The molecular formula is C18H18ClNO4S. The summed E-state index contributed by atoms with van der Waals surface area (Å²) in [5.41, 5.74) is 1.71. The van der Waals surface area contributed by atoms with Gasteiger partial charge in [-0.25, -0.2) is 4.79 Å². The molecule has 0 aliphatic rings. The number of amides is 1. The molecule has 25 heavy (non-hydrogen) atoms. The van der Waals surface area contributed by atoms with Gasteiger partial charge in [0.1, 0.15) is 11.3 Å². The number of benzene rings is 2. The number of hydrogen-bond acceptors (Lipinski definition) is 5. The minimum absolute atomic E-state index is 0.274. The SMILES string of the molecule is COc1cc(SC)ccc1C(=O)OCC(=O)Nc1ccc(Cl)cc1C. The molecule has 2 aromatic carbocycles. The summed E-state index contributed by atoms with van der Waals surface area (Å²) < 4.78 is 10.3. The lowest BCUT2D eigenvalue weighted by atomic mass is 10.2. The summed E-state index contributed by atoms with van der Waals surface area (Å²) in [5.74, 6) is -0.642. The quantitative estimate of drug-likeness (QED) is 0.602. The standard InChI is InChI=1S/C18H18ClNO4S/c1-11-8-12(19)4-7-15(11)20-17(21)10-24-18(22)14-6-5-13(25-3)9-16(14)23-2/h4-9H,10H2,1-3H3,(H,20,21). The molecule has 0 heterocycles. The van der Waals surface area contributed by atoms with Gasteiger partial charge in [-0.2, -0.15) is 0 Å². The first kappa shape index (κ1) is 19.1. The highest BCUT2D eigenvalue weighted by Crippen LogP contribution is 2.26. The molecule has 0 aliphatic carbocycles. The van der Waals surface area contributed by atoms with E-state index < -0.39 is 18.5 Å². The number of methoxy groups -OCH3 is 1. The first-order chi connectivity index (χ1) is 11.9. The smallest absolute Gasteiger partial charge is 0.342 e. The van der Waals surface area contributed by atoms with Crippen molar-refractivity contribution < 1.29 is 19.1 Å². The molecule has 0 aliphatic heterocycles. The van der Waals surface area contributed by atoms with Gasteiger partial charge in [-0.3, -0.25) is 4.79 Å². The van der Waals surface area contributed by atoms with E-state index in [-0.39, 0.29) is 5.56 Å². The van der Waals surface area contributed by atoms with Gasteiger partial charge in [0, 0.05) is 15.6 Å². The molecule has 0 bridgehead atoms. The van der Waals surface area contributed by atoms with Gasteiger partial charge in [-0.05, 0) is 55.1 Å². The lowest BCUT2D eigenvalue weighted by molar-refractivity contribution is -0.119. The molecule has 1 amide bonds. The maximum atomic E-state index is 12.2. The van der Waals surface area contributed by atoms with Crippen LogP contribution in [-0.4, -0.2) is 31.8 Å². The monoisotopic (exact) mass is 379 g/mol. The summed E-state index contributed by atoms with van der Waals surface area (Å²) in [6.45, 7) is 1.43. The molecular weight excluding hydrogens is 362 g/mol. The number of aryl methyl sites for hydroxylation is 1. The second-order valence-electron chi connectivity index (χ2n) is 5.15. The van der Waals surface area contributed by atoms with Crippen LogP contribution >= 0.6 is 23.4 Å². The molecule has 132 valence electrons. The summed E-state index contributed by atoms with van der Waals surface area (Å²) in [6, 6.07) is 10.3. The van der Waals surface area contributed by atoms with E-state index in [4.69, 9.17) is 21.1 Å². The topological polar surface area (TPSA) is 64.6 Å². The molecule has 0 aromatic heterocycles. The van der Waals surface area contributed by atoms with Crippen molar-refractivity contribution in [2.45, 2.75) is 11.8 Å². The fourth-order valence-corrected chi connectivity index (χ4v) is 2.79. The fraction of sp³-hybridized carbons (Fsp3) is 0.222. The third-order valence-corrected chi connectivity index (χ3v) is 4.39. The number of carbonyl (C=O) groups is 2. The van der Waals surface area contributed by atoms with Crippen molar-refractivity contribution >= 4 is 40.9 Å². The Labute approximate surface area is 155 Å².